The molecule has 1 aromatic heterocycles. The van der Waals surface area contributed by atoms with Crippen LogP contribution >= 0.6 is 11.3 Å². The Morgan fingerprint density at radius 3 is 2.65 bits per heavy atom. The second-order valence-electron chi connectivity index (χ2n) is 6.11. The van der Waals surface area contributed by atoms with Crippen LogP contribution in [-0.4, -0.2) is 30.6 Å². The van der Waals surface area contributed by atoms with Crippen LogP contribution in [0, 0.1) is 12.3 Å². The molecule has 2 N–H and O–H groups in total. The van der Waals surface area contributed by atoms with Gasteiger partial charge < -0.3 is 15.2 Å². The maximum absolute atomic E-state index is 12.4. The summed E-state index contributed by atoms with van der Waals surface area (Å²) in [6, 6.07) is 5.73. The molecule has 0 bridgehead atoms. The summed E-state index contributed by atoms with van der Waals surface area (Å²) in [5.41, 5.74) is 0.0643. The van der Waals surface area contributed by atoms with E-state index >= 15 is 0 Å². The molecule has 0 atom stereocenters. The number of amides is 1. The third-order valence-electron chi connectivity index (χ3n) is 3.96. The lowest BCUT2D eigenvalue weighted by molar-refractivity contribution is -0.147. The molecule has 124 valence electrons. The highest BCUT2D eigenvalue weighted by atomic mass is 32.1. The molecule has 0 aliphatic rings. The Bertz CT molecular complexity index is 748. The third kappa shape index (κ3) is 3.64. The third-order valence-corrected chi connectivity index (χ3v) is 5.24. The topological polar surface area (TPSA) is 75.6 Å². The highest BCUT2D eigenvalue weighted by Crippen LogP contribution is 2.33. The fourth-order valence-corrected chi connectivity index (χ4v) is 3.33. The second kappa shape index (κ2) is 6.58. The Labute approximate surface area is 139 Å². The second-order valence-corrected chi connectivity index (χ2v) is 7.17. The number of carboxylic acids is 1. The normalized spacial score (nSPS) is 11.5. The first-order chi connectivity index (χ1) is 10.8. The monoisotopic (exact) mass is 335 g/mol. The SMILES string of the molecule is COc1ccc2sc(C(=O)NCCC(C)(C)C(=O)O)c(C)c2c1. The van der Waals surface area contributed by atoms with E-state index in [1.807, 2.05) is 25.1 Å². The number of methoxy groups -OCH3 is 1. The molecule has 1 amide bonds. The van der Waals surface area contributed by atoms with Crippen molar-refractivity contribution < 1.29 is 19.4 Å². The number of carbonyl (C=O) groups excluding carboxylic acids is 1. The van der Waals surface area contributed by atoms with Gasteiger partial charge in [-0.05, 0) is 56.3 Å². The summed E-state index contributed by atoms with van der Waals surface area (Å²) in [6.07, 6.45) is 0.381. The minimum Gasteiger partial charge on any atom is -0.497 e. The first kappa shape index (κ1) is 17.3. The minimum atomic E-state index is -0.864. The maximum atomic E-state index is 12.4. The van der Waals surface area contributed by atoms with E-state index < -0.39 is 11.4 Å². The van der Waals surface area contributed by atoms with Crippen molar-refractivity contribution >= 4 is 33.3 Å². The van der Waals surface area contributed by atoms with Crippen LogP contribution in [0.4, 0.5) is 0 Å². The largest absolute Gasteiger partial charge is 0.497 e. The van der Waals surface area contributed by atoms with Gasteiger partial charge in [-0.1, -0.05) is 0 Å². The van der Waals surface area contributed by atoms with Crippen molar-refractivity contribution in [3.8, 4) is 5.75 Å². The summed E-state index contributed by atoms with van der Waals surface area (Å²) in [6.45, 7) is 5.54. The van der Waals surface area contributed by atoms with E-state index in [1.165, 1.54) is 11.3 Å². The average Bonchev–Trinajstić information content (AvgIpc) is 2.83. The number of benzene rings is 1. The van der Waals surface area contributed by atoms with E-state index in [2.05, 4.69) is 5.32 Å². The van der Waals surface area contributed by atoms with Gasteiger partial charge in [0.05, 0.1) is 17.4 Å². The number of hydrogen-bond acceptors (Lipinski definition) is 4. The summed E-state index contributed by atoms with van der Waals surface area (Å²) in [5, 5.41) is 12.9. The molecule has 23 heavy (non-hydrogen) atoms. The lowest BCUT2D eigenvalue weighted by atomic mass is 9.90. The van der Waals surface area contributed by atoms with E-state index in [0.29, 0.717) is 17.8 Å². The van der Waals surface area contributed by atoms with Crippen molar-refractivity contribution in [1.29, 1.82) is 0 Å². The van der Waals surface area contributed by atoms with E-state index in [-0.39, 0.29) is 5.91 Å². The Morgan fingerprint density at radius 2 is 2.04 bits per heavy atom. The fourth-order valence-electron chi connectivity index (χ4n) is 2.22. The smallest absolute Gasteiger partial charge is 0.309 e. The average molecular weight is 335 g/mol. The van der Waals surface area contributed by atoms with E-state index in [1.54, 1.807) is 21.0 Å². The Hall–Kier alpha value is -2.08. The van der Waals surface area contributed by atoms with Gasteiger partial charge in [-0.25, -0.2) is 0 Å². The highest BCUT2D eigenvalue weighted by Gasteiger charge is 2.27. The molecule has 1 heterocycles. The van der Waals surface area contributed by atoms with Gasteiger partial charge in [0.1, 0.15) is 5.75 Å². The van der Waals surface area contributed by atoms with Gasteiger partial charge in [0.2, 0.25) is 0 Å². The molecular formula is C17H21NO4S. The van der Waals surface area contributed by atoms with E-state index in [9.17, 15) is 9.59 Å². The van der Waals surface area contributed by atoms with Crippen LogP contribution in [0.3, 0.4) is 0 Å². The quantitative estimate of drug-likeness (QED) is 0.848. The molecule has 2 aromatic rings. The number of thiophene rings is 1. The summed E-state index contributed by atoms with van der Waals surface area (Å²) in [5.74, 6) is -0.269. The lowest BCUT2D eigenvalue weighted by Crippen LogP contribution is -2.31. The number of aryl methyl sites for hydroxylation is 1. The van der Waals surface area contributed by atoms with Gasteiger partial charge in [-0.3, -0.25) is 9.59 Å². The molecule has 5 nitrogen and oxygen atoms in total. The first-order valence-corrected chi connectivity index (χ1v) is 8.16. The van der Waals surface area contributed by atoms with E-state index in [4.69, 9.17) is 9.84 Å². The van der Waals surface area contributed by atoms with Gasteiger partial charge in [0, 0.05) is 11.2 Å². The van der Waals surface area contributed by atoms with Crippen LogP contribution in [0.2, 0.25) is 0 Å². The zero-order chi connectivity index (χ0) is 17.2. The van der Waals surface area contributed by atoms with Gasteiger partial charge in [-0.15, -0.1) is 11.3 Å². The molecule has 6 heteroatoms. The number of aliphatic carboxylic acids is 1. The molecule has 0 aliphatic carbocycles. The van der Waals surface area contributed by atoms with Crippen LogP contribution in [0.15, 0.2) is 18.2 Å². The molecule has 0 aliphatic heterocycles. The molecule has 0 saturated carbocycles. The molecule has 1 aromatic carbocycles. The standard InChI is InChI=1S/C17H21NO4S/c1-10-12-9-11(22-4)5-6-13(12)23-14(10)15(19)18-8-7-17(2,3)16(20)21/h5-6,9H,7-8H2,1-4H3,(H,18,19)(H,20,21). The Balaban J connectivity index is 2.12. The van der Waals surface area contributed by atoms with Crippen molar-refractivity contribution in [2.45, 2.75) is 27.2 Å². The molecule has 0 fully saturated rings. The van der Waals surface area contributed by atoms with Crippen molar-refractivity contribution in [3.63, 3.8) is 0 Å². The van der Waals surface area contributed by atoms with Crippen molar-refractivity contribution in [2.24, 2.45) is 5.41 Å². The number of carboxylic acid groups (broad SMARTS) is 1. The molecular weight excluding hydrogens is 314 g/mol. The predicted octanol–water partition coefficient (Wildman–Crippen LogP) is 3.45. The number of nitrogens with one attached hydrogen (secondary N) is 1. The summed E-state index contributed by atoms with van der Waals surface area (Å²) in [4.78, 5) is 24.1. The van der Waals surface area contributed by atoms with Crippen LogP contribution in [0.1, 0.15) is 35.5 Å². The molecule has 0 saturated heterocycles. The Morgan fingerprint density at radius 1 is 1.35 bits per heavy atom. The lowest BCUT2D eigenvalue weighted by Gasteiger charge is -2.18. The minimum absolute atomic E-state index is 0.163. The summed E-state index contributed by atoms with van der Waals surface area (Å²) >= 11 is 1.43. The van der Waals surface area contributed by atoms with Crippen LogP contribution < -0.4 is 10.1 Å². The number of ether oxygens (including phenoxy) is 1. The van der Waals surface area contributed by atoms with Crippen LogP contribution in [0.25, 0.3) is 10.1 Å². The summed E-state index contributed by atoms with van der Waals surface area (Å²) < 4.78 is 6.25. The number of hydrogen-bond donors (Lipinski definition) is 2. The van der Waals surface area contributed by atoms with Crippen LogP contribution in [-0.2, 0) is 4.79 Å². The van der Waals surface area contributed by atoms with Crippen molar-refractivity contribution in [3.05, 3.63) is 28.6 Å². The van der Waals surface area contributed by atoms with Gasteiger partial charge in [-0.2, -0.15) is 0 Å². The maximum Gasteiger partial charge on any atom is 0.309 e. The highest BCUT2D eigenvalue weighted by molar-refractivity contribution is 7.21. The molecule has 0 radical (unpaired) electrons. The first-order valence-electron chi connectivity index (χ1n) is 7.35. The van der Waals surface area contributed by atoms with Gasteiger partial charge in [0.15, 0.2) is 0 Å². The predicted molar refractivity (Wildman–Crippen MR) is 91.5 cm³/mol. The zero-order valence-electron chi connectivity index (χ0n) is 13.7. The van der Waals surface area contributed by atoms with Gasteiger partial charge >= 0.3 is 5.97 Å². The molecule has 0 spiro atoms. The van der Waals surface area contributed by atoms with E-state index in [0.717, 1.165) is 21.4 Å². The fraction of sp³-hybridized carbons (Fsp3) is 0.412. The molecule has 2 rings (SSSR count). The van der Waals surface area contributed by atoms with Crippen molar-refractivity contribution in [1.82, 2.24) is 5.32 Å². The van der Waals surface area contributed by atoms with Crippen molar-refractivity contribution in [2.75, 3.05) is 13.7 Å². The summed E-state index contributed by atoms with van der Waals surface area (Å²) in [7, 11) is 1.61. The number of carbonyl (C=O) groups is 2. The van der Waals surface area contributed by atoms with Gasteiger partial charge in [0.25, 0.3) is 5.91 Å². The van der Waals surface area contributed by atoms with Crippen LogP contribution in [0.5, 0.6) is 5.75 Å². The zero-order valence-corrected chi connectivity index (χ0v) is 14.5. The Kier molecular flexibility index (Phi) is 4.94. The number of fused-ring (bicyclic) bond motifs is 1. The molecule has 0 unspecified atom stereocenters. The number of rotatable bonds is 6.